The van der Waals surface area contributed by atoms with Gasteiger partial charge in [0.1, 0.15) is 0 Å². The molecule has 1 aromatic rings. The molecule has 0 spiro atoms. The van der Waals surface area contributed by atoms with Crippen molar-refractivity contribution in [3.8, 4) is 0 Å². The summed E-state index contributed by atoms with van der Waals surface area (Å²) in [5, 5.41) is 2.91. The molecule has 1 heterocycles. The second kappa shape index (κ2) is 9.35. The SMILES string of the molecule is Cc1cc(C(=O)NCCCN2C[C@@H](C)O[C@H](C)C2)cc(S(=O)(=O)N(C)C)c1C. The predicted molar refractivity (Wildman–Crippen MR) is 110 cm³/mol. The zero-order valence-electron chi connectivity index (χ0n) is 17.8. The minimum Gasteiger partial charge on any atom is -0.373 e. The third kappa shape index (κ3) is 5.53. The van der Waals surface area contributed by atoms with Crippen molar-refractivity contribution in [2.24, 2.45) is 0 Å². The quantitative estimate of drug-likeness (QED) is 0.692. The lowest BCUT2D eigenvalue weighted by Gasteiger charge is -2.35. The van der Waals surface area contributed by atoms with E-state index in [0.29, 0.717) is 17.7 Å². The van der Waals surface area contributed by atoms with Crippen LogP contribution >= 0.6 is 0 Å². The van der Waals surface area contributed by atoms with E-state index in [-0.39, 0.29) is 23.0 Å². The summed E-state index contributed by atoms with van der Waals surface area (Å²) in [4.78, 5) is 15.1. The minimum atomic E-state index is -3.60. The van der Waals surface area contributed by atoms with Crippen LogP contribution < -0.4 is 5.32 Å². The molecular formula is C20H33N3O4S. The van der Waals surface area contributed by atoms with Crippen molar-refractivity contribution in [1.82, 2.24) is 14.5 Å². The van der Waals surface area contributed by atoms with E-state index in [9.17, 15) is 13.2 Å². The Balaban J connectivity index is 1.98. The fraction of sp³-hybridized carbons (Fsp3) is 0.650. The van der Waals surface area contributed by atoms with Crippen LogP contribution in [0.4, 0.5) is 0 Å². The topological polar surface area (TPSA) is 79.0 Å². The molecule has 7 nitrogen and oxygen atoms in total. The van der Waals surface area contributed by atoms with Crippen molar-refractivity contribution >= 4 is 15.9 Å². The Morgan fingerprint density at radius 3 is 2.39 bits per heavy atom. The van der Waals surface area contributed by atoms with Crippen LogP contribution in [0.25, 0.3) is 0 Å². The van der Waals surface area contributed by atoms with Crippen molar-refractivity contribution < 1.29 is 17.9 Å². The largest absolute Gasteiger partial charge is 0.373 e. The fourth-order valence-corrected chi connectivity index (χ4v) is 4.71. The molecule has 1 fully saturated rings. The maximum Gasteiger partial charge on any atom is 0.251 e. The van der Waals surface area contributed by atoms with Crippen LogP contribution in [0.2, 0.25) is 0 Å². The minimum absolute atomic E-state index is 0.180. The van der Waals surface area contributed by atoms with Crippen molar-refractivity contribution in [2.75, 3.05) is 40.3 Å². The van der Waals surface area contributed by atoms with Crippen molar-refractivity contribution in [2.45, 2.75) is 51.2 Å². The van der Waals surface area contributed by atoms with Gasteiger partial charge in [0.2, 0.25) is 10.0 Å². The van der Waals surface area contributed by atoms with Crippen LogP contribution in [-0.4, -0.2) is 76.0 Å². The van der Waals surface area contributed by atoms with Gasteiger partial charge in [0.15, 0.2) is 0 Å². The van der Waals surface area contributed by atoms with Gasteiger partial charge < -0.3 is 10.1 Å². The summed E-state index contributed by atoms with van der Waals surface area (Å²) < 4.78 is 32.0. The highest BCUT2D eigenvalue weighted by Gasteiger charge is 2.23. The van der Waals surface area contributed by atoms with Gasteiger partial charge in [0, 0.05) is 45.8 Å². The van der Waals surface area contributed by atoms with Gasteiger partial charge in [-0.15, -0.1) is 0 Å². The first-order valence-electron chi connectivity index (χ1n) is 9.72. The number of benzene rings is 1. The molecule has 1 saturated heterocycles. The Morgan fingerprint density at radius 1 is 1.21 bits per heavy atom. The summed E-state index contributed by atoms with van der Waals surface area (Å²) in [6.45, 7) is 11.0. The number of sulfonamides is 1. The molecule has 28 heavy (non-hydrogen) atoms. The van der Waals surface area contributed by atoms with E-state index in [1.807, 2.05) is 6.92 Å². The highest BCUT2D eigenvalue weighted by atomic mass is 32.2. The zero-order valence-corrected chi connectivity index (χ0v) is 18.6. The smallest absolute Gasteiger partial charge is 0.251 e. The molecule has 1 aromatic carbocycles. The molecule has 0 bridgehead atoms. The maximum absolute atomic E-state index is 12.6. The molecule has 0 unspecified atom stereocenters. The Bertz CT molecular complexity index is 798. The highest BCUT2D eigenvalue weighted by Crippen LogP contribution is 2.23. The van der Waals surface area contributed by atoms with E-state index in [2.05, 4.69) is 24.1 Å². The van der Waals surface area contributed by atoms with Gasteiger partial charge in [0.05, 0.1) is 17.1 Å². The molecule has 1 N–H and O–H groups in total. The standard InChI is InChI=1S/C20H33N3O4S/c1-14-10-18(11-19(17(14)4)28(25,26)22(5)6)20(24)21-8-7-9-23-12-15(2)27-16(3)13-23/h10-11,15-16H,7-9,12-13H2,1-6H3,(H,21,24)/t15-,16-/m1/s1. The van der Waals surface area contributed by atoms with Crippen LogP contribution in [0.1, 0.15) is 41.8 Å². The third-order valence-corrected chi connectivity index (χ3v) is 7.01. The van der Waals surface area contributed by atoms with Crippen LogP contribution in [-0.2, 0) is 14.8 Å². The van der Waals surface area contributed by atoms with Crippen LogP contribution in [0.15, 0.2) is 17.0 Å². The Labute approximate surface area is 169 Å². The molecule has 1 aliphatic heterocycles. The number of morpholine rings is 1. The number of aryl methyl sites for hydroxylation is 1. The van der Waals surface area contributed by atoms with Gasteiger partial charge in [-0.25, -0.2) is 12.7 Å². The average Bonchev–Trinajstić information content (AvgIpc) is 2.59. The number of amides is 1. The number of rotatable bonds is 7. The van der Waals surface area contributed by atoms with E-state index in [1.165, 1.54) is 24.5 Å². The molecule has 2 atom stereocenters. The maximum atomic E-state index is 12.6. The monoisotopic (exact) mass is 411 g/mol. The van der Waals surface area contributed by atoms with Crippen molar-refractivity contribution in [3.63, 3.8) is 0 Å². The predicted octanol–water partition coefficient (Wildman–Crippen LogP) is 1.78. The number of carbonyl (C=O) groups excluding carboxylic acids is 1. The molecule has 0 radical (unpaired) electrons. The van der Waals surface area contributed by atoms with E-state index in [4.69, 9.17) is 4.74 Å². The first-order chi connectivity index (χ1) is 13.0. The van der Waals surface area contributed by atoms with E-state index in [1.54, 1.807) is 13.0 Å². The summed E-state index contributed by atoms with van der Waals surface area (Å²) in [6.07, 6.45) is 1.29. The Morgan fingerprint density at radius 2 is 1.82 bits per heavy atom. The Hall–Kier alpha value is -1.48. The molecule has 8 heteroatoms. The summed E-state index contributed by atoms with van der Waals surface area (Å²) in [6, 6.07) is 3.21. The summed E-state index contributed by atoms with van der Waals surface area (Å²) >= 11 is 0. The average molecular weight is 412 g/mol. The lowest BCUT2D eigenvalue weighted by molar-refractivity contribution is -0.0680. The number of ether oxygens (including phenoxy) is 1. The number of hydrogen-bond donors (Lipinski definition) is 1. The van der Waals surface area contributed by atoms with Gasteiger partial charge in [-0.1, -0.05) is 0 Å². The molecule has 158 valence electrons. The van der Waals surface area contributed by atoms with Crippen molar-refractivity contribution in [1.29, 1.82) is 0 Å². The van der Waals surface area contributed by atoms with Crippen LogP contribution in [0, 0.1) is 13.8 Å². The Kier molecular flexibility index (Phi) is 7.61. The first kappa shape index (κ1) is 22.8. The van der Waals surface area contributed by atoms with Crippen LogP contribution in [0.3, 0.4) is 0 Å². The lowest BCUT2D eigenvalue weighted by atomic mass is 10.1. The molecule has 2 rings (SSSR count). The molecule has 1 amide bonds. The summed E-state index contributed by atoms with van der Waals surface area (Å²) in [5.41, 5.74) is 1.82. The van der Waals surface area contributed by atoms with Gasteiger partial charge >= 0.3 is 0 Å². The van der Waals surface area contributed by atoms with Gasteiger partial charge in [-0.2, -0.15) is 0 Å². The first-order valence-corrected chi connectivity index (χ1v) is 11.2. The lowest BCUT2D eigenvalue weighted by Crippen LogP contribution is -2.46. The molecular weight excluding hydrogens is 378 g/mol. The molecule has 0 saturated carbocycles. The third-order valence-electron chi connectivity index (χ3n) is 5.07. The van der Waals surface area contributed by atoms with Gasteiger partial charge in [-0.3, -0.25) is 9.69 Å². The summed E-state index contributed by atoms with van der Waals surface area (Å²) in [5.74, 6) is -0.248. The second-order valence-electron chi connectivity index (χ2n) is 7.83. The zero-order chi connectivity index (χ0) is 21.1. The second-order valence-corrected chi connectivity index (χ2v) is 9.95. The van der Waals surface area contributed by atoms with E-state index < -0.39 is 10.0 Å². The summed E-state index contributed by atoms with van der Waals surface area (Å²) in [7, 11) is -0.621. The van der Waals surface area contributed by atoms with E-state index in [0.717, 1.165) is 31.6 Å². The van der Waals surface area contributed by atoms with E-state index >= 15 is 0 Å². The number of nitrogens with zero attached hydrogens (tertiary/aromatic N) is 2. The van der Waals surface area contributed by atoms with Gasteiger partial charge in [-0.05, 0) is 57.4 Å². The molecule has 0 aromatic heterocycles. The normalized spacial score (nSPS) is 21.1. The number of nitrogens with one attached hydrogen (secondary N) is 1. The number of hydrogen-bond acceptors (Lipinski definition) is 5. The van der Waals surface area contributed by atoms with Crippen molar-refractivity contribution in [3.05, 3.63) is 28.8 Å². The molecule has 0 aliphatic carbocycles. The van der Waals surface area contributed by atoms with Gasteiger partial charge in [0.25, 0.3) is 5.91 Å². The fourth-order valence-electron chi connectivity index (χ4n) is 3.50. The highest BCUT2D eigenvalue weighted by molar-refractivity contribution is 7.89. The number of carbonyl (C=O) groups is 1. The molecule has 1 aliphatic rings. The van der Waals surface area contributed by atoms with Crippen LogP contribution in [0.5, 0.6) is 0 Å².